The van der Waals surface area contributed by atoms with Crippen LogP contribution in [0.25, 0.3) is 21.3 Å². The monoisotopic (exact) mass is 483 g/mol. The average Bonchev–Trinajstić information content (AvgIpc) is 3.28. The number of sulfone groups is 1. The number of hydrogen-bond acceptors (Lipinski definition) is 8. The maximum absolute atomic E-state index is 11.7. The van der Waals surface area contributed by atoms with Gasteiger partial charge in [0.05, 0.1) is 30.7 Å². The van der Waals surface area contributed by atoms with Crippen molar-refractivity contribution >= 4 is 37.9 Å². The first-order valence-electron chi connectivity index (χ1n) is 10.3. The number of fused-ring (bicyclic) bond motifs is 1. The molecule has 0 fully saturated rings. The lowest BCUT2D eigenvalue weighted by molar-refractivity contribution is 0.356. The van der Waals surface area contributed by atoms with Crippen molar-refractivity contribution in [3.8, 4) is 21.9 Å². The highest BCUT2D eigenvalue weighted by Crippen LogP contribution is 2.37. The van der Waals surface area contributed by atoms with Crippen molar-refractivity contribution in [2.75, 3.05) is 25.8 Å². The molecule has 2 aromatic carbocycles. The lowest BCUT2D eigenvalue weighted by Gasteiger charge is -2.16. The summed E-state index contributed by atoms with van der Waals surface area (Å²) in [5, 5.41) is 4.35. The molecule has 0 spiro atoms. The fraction of sp³-hybridized carbons (Fsp3) is 0.250. The summed E-state index contributed by atoms with van der Waals surface area (Å²) in [6.07, 6.45) is 1.21. The number of nitrogens with one attached hydrogen (secondary N) is 1. The molecule has 4 aromatic rings. The van der Waals surface area contributed by atoms with Gasteiger partial charge < -0.3 is 14.8 Å². The van der Waals surface area contributed by atoms with E-state index < -0.39 is 9.84 Å². The molecule has 9 heteroatoms. The molecule has 172 valence electrons. The highest BCUT2D eigenvalue weighted by Gasteiger charge is 2.16. The van der Waals surface area contributed by atoms with Gasteiger partial charge in [-0.15, -0.1) is 11.3 Å². The SMILES string of the molecule is COc1cc2nc(C)nc(NC(C)c3ccc(-c4ccc(S(C)(=O)=O)cc4)s3)c2cc1OC. The summed E-state index contributed by atoms with van der Waals surface area (Å²) in [4.78, 5) is 11.7. The zero-order valence-electron chi connectivity index (χ0n) is 19.0. The summed E-state index contributed by atoms with van der Waals surface area (Å²) in [5.74, 6) is 2.61. The van der Waals surface area contributed by atoms with Gasteiger partial charge in [0.2, 0.25) is 0 Å². The first-order valence-corrected chi connectivity index (χ1v) is 13.0. The predicted octanol–water partition coefficient (Wildman–Crippen LogP) is 5.26. The van der Waals surface area contributed by atoms with Crippen molar-refractivity contribution in [3.63, 3.8) is 0 Å². The molecule has 0 aliphatic rings. The van der Waals surface area contributed by atoms with Gasteiger partial charge in [-0.05, 0) is 49.7 Å². The maximum Gasteiger partial charge on any atom is 0.175 e. The third-order valence-electron chi connectivity index (χ3n) is 5.29. The van der Waals surface area contributed by atoms with E-state index in [-0.39, 0.29) is 6.04 Å². The minimum Gasteiger partial charge on any atom is -0.493 e. The molecule has 0 amide bonds. The Kier molecular flexibility index (Phi) is 6.27. The van der Waals surface area contributed by atoms with E-state index in [0.717, 1.165) is 32.0 Å². The van der Waals surface area contributed by atoms with E-state index in [0.29, 0.717) is 22.2 Å². The molecule has 7 nitrogen and oxygen atoms in total. The van der Waals surface area contributed by atoms with E-state index >= 15 is 0 Å². The molecule has 2 aromatic heterocycles. The van der Waals surface area contributed by atoms with Crippen LogP contribution in [0.3, 0.4) is 0 Å². The molecular formula is C24H25N3O4S2. The van der Waals surface area contributed by atoms with Gasteiger partial charge in [0.15, 0.2) is 21.3 Å². The Balaban J connectivity index is 1.63. The molecule has 4 rings (SSSR count). The first kappa shape index (κ1) is 23.0. The molecule has 0 radical (unpaired) electrons. The highest BCUT2D eigenvalue weighted by atomic mass is 32.2. The van der Waals surface area contributed by atoms with Crippen LogP contribution in [-0.2, 0) is 9.84 Å². The molecule has 1 unspecified atom stereocenters. The fourth-order valence-electron chi connectivity index (χ4n) is 3.57. The third kappa shape index (κ3) is 4.79. The summed E-state index contributed by atoms with van der Waals surface area (Å²) in [7, 11) is -0.0106. The standard InChI is InChI=1S/C24H25N3O4S2/c1-14(22-10-11-23(32-22)16-6-8-17(9-7-16)33(5,28)29)25-24-18-12-20(30-3)21(31-4)13-19(18)26-15(2)27-24/h6-14H,1-5H3,(H,25,26,27). The Morgan fingerprint density at radius 1 is 0.970 bits per heavy atom. The number of rotatable bonds is 7. The van der Waals surface area contributed by atoms with Crippen LogP contribution in [0.1, 0.15) is 23.7 Å². The van der Waals surface area contributed by atoms with Gasteiger partial charge in [-0.1, -0.05) is 12.1 Å². The van der Waals surface area contributed by atoms with Gasteiger partial charge in [-0.3, -0.25) is 0 Å². The molecule has 0 aliphatic carbocycles. The average molecular weight is 484 g/mol. The summed E-state index contributed by atoms with van der Waals surface area (Å²) >= 11 is 1.65. The minimum atomic E-state index is -3.21. The number of aromatic nitrogens is 2. The smallest absolute Gasteiger partial charge is 0.175 e. The van der Waals surface area contributed by atoms with E-state index in [9.17, 15) is 8.42 Å². The quantitative estimate of drug-likeness (QED) is 0.383. The van der Waals surface area contributed by atoms with Gasteiger partial charge in [-0.25, -0.2) is 18.4 Å². The lowest BCUT2D eigenvalue weighted by atomic mass is 10.1. The minimum absolute atomic E-state index is 0.00959. The van der Waals surface area contributed by atoms with Crippen molar-refractivity contribution in [2.45, 2.75) is 24.8 Å². The number of benzene rings is 2. The molecule has 1 N–H and O–H groups in total. The summed E-state index contributed by atoms with van der Waals surface area (Å²) in [5.41, 5.74) is 1.75. The van der Waals surface area contributed by atoms with Gasteiger partial charge in [0, 0.05) is 27.5 Å². The largest absolute Gasteiger partial charge is 0.493 e. The fourth-order valence-corrected chi connectivity index (χ4v) is 5.21. The molecule has 0 aliphatic heterocycles. The van der Waals surface area contributed by atoms with Crippen LogP contribution in [0.15, 0.2) is 53.4 Å². The van der Waals surface area contributed by atoms with Crippen LogP contribution in [0.4, 0.5) is 5.82 Å². The second kappa shape index (κ2) is 8.99. The highest BCUT2D eigenvalue weighted by molar-refractivity contribution is 7.90. The Hall–Kier alpha value is -3.17. The molecule has 2 heterocycles. The third-order valence-corrected chi connectivity index (χ3v) is 7.73. The van der Waals surface area contributed by atoms with Gasteiger partial charge in [0.1, 0.15) is 11.6 Å². The second-order valence-electron chi connectivity index (χ2n) is 7.71. The second-order valence-corrected chi connectivity index (χ2v) is 10.8. The van der Waals surface area contributed by atoms with E-state index in [1.807, 2.05) is 37.3 Å². The van der Waals surface area contributed by atoms with Gasteiger partial charge >= 0.3 is 0 Å². The predicted molar refractivity (Wildman–Crippen MR) is 132 cm³/mol. The Labute approximate surface area is 197 Å². The number of anilines is 1. The topological polar surface area (TPSA) is 90.4 Å². The van der Waals surface area contributed by atoms with Crippen LogP contribution < -0.4 is 14.8 Å². The Morgan fingerprint density at radius 2 is 1.64 bits per heavy atom. The molecule has 1 atom stereocenters. The summed E-state index contributed by atoms with van der Waals surface area (Å²) in [6, 6.07) is 14.8. The summed E-state index contributed by atoms with van der Waals surface area (Å²) < 4.78 is 34.3. The zero-order valence-corrected chi connectivity index (χ0v) is 20.7. The molecule has 0 saturated carbocycles. The van der Waals surface area contributed by atoms with Crippen molar-refractivity contribution in [1.82, 2.24) is 9.97 Å². The van der Waals surface area contributed by atoms with E-state index in [2.05, 4.69) is 28.3 Å². The van der Waals surface area contributed by atoms with E-state index in [1.54, 1.807) is 37.7 Å². The van der Waals surface area contributed by atoms with Crippen molar-refractivity contribution in [2.24, 2.45) is 0 Å². The zero-order chi connectivity index (χ0) is 23.8. The number of aryl methyl sites for hydroxylation is 1. The van der Waals surface area contributed by atoms with Crippen LogP contribution in [0.2, 0.25) is 0 Å². The maximum atomic E-state index is 11.7. The van der Waals surface area contributed by atoms with Crippen LogP contribution in [0.5, 0.6) is 11.5 Å². The molecular weight excluding hydrogens is 458 g/mol. The Morgan fingerprint density at radius 3 is 2.27 bits per heavy atom. The lowest BCUT2D eigenvalue weighted by Crippen LogP contribution is -2.08. The molecule has 0 saturated heterocycles. The van der Waals surface area contributed by atoms with Crippen LogP contribution in [0, 0.1) is 6.92 Å². The van der Waals surface area contributed by atoms with Crippen molar-refractivity contribution in [1.29, 1.82) is 0 Å². The van der Waals surface area contributed by atoms with Gasteiger partial charge in [-0.2, -0.15) is 0 Å². The van der Waals surface area contributed by atoms with Crippen LogP contribution >= 0.6 is 11.3 Å². The van der Waals surface area contributed by atoms with Crippen molar-refractivity contribution in [3.05, 3.63) is 59.2 Å². The van der Waals surface area contributed by atoms with Crippen LogP contribution in [-0.4, -0.2) is 38.9 Å². The number of hydrogen-bond donors (Lipinski definition) is 1. The summed E-state index contributed by atoms with van der Waals surface area (Å²) in [6.45, 7) is 3.93. The number of nitrogens with zero attached hydrogens (tertiary/aromatic N) is 2. The normalized spacial score (nSPS) is 12.5. The molecule has 0 bridgehead atoms. The van der Waals surface area contributed by atoms with E-state index in [1.165, 1.54) is 6.26 Å². The van der Waals surface area contributed by atoms with Gasteiger partial charge in [0.25, 0.3) is 0 Å². The number of thiophene rings is 1. The van der Waals surface area contributed by atoms with E-state index in [4.69, 9.17) is 9.47 Å². The van der Waals surface area contributed by atoms with Crippen molar-refractivity contribution < 1.29 is 17.9 Å². The number of methoxy groups -OCH3 is 2. The number of ether oxygens (including phenoxy) is 2. The Bertz CT molecular complexity index is 1410. The molecule has 33 heavy (non-hydrogen) atoms. The first-order chi connectivity index (χ1) is 15.7.